The van der Waals surface area contributed by atoms with E-state index in [-0.39, 0.29) is 18.1 Å². The SMILES string of the molecule is CNc1cc(Oc2cnc3nc(Nc4cc(C(C)(C)C)n([C@@H]5CCN(CCF)C5)n4)n(C)c3c2Cl)ccn1. The van der Waals surface area contributed by atoms with Gasteiger partial charge in [0.2, 0.25) is 5.95 Å². The fourth-order valence-electron chi connectivity index (χ4n) is 4.78. The molecule has 1 aliphatic heterocycles. The zero-order valence-electron chi connectivity index (χ0n) is 22.3. The molecule has 4 aromatic rings. The Morgan fingerprint density at radius 2 is 2.03 bits per heavy atom. The second kappa shape index (κ2) is 10.4. The smallest absolute Gasteiger partial charge is 0.210 e. The van der Waals surface area contributed by atoms with Crippen LogP contribution < -0.4 is 15.4 Å². The van der Waals surface area contributed by atoms with Gasteiger partial charge in [-0.2, -0.15) is 10.1 Å². The summed E-state index contributed by atoms with van der Waals surface area (Å²) >= 11 is 6.77. The van der Waals surface area contributed by atoms with Gasteiger partial charge in [-0.25, -0.2) is 14.4 Å². The second-order valence-electron chi connectivity index (χ2n) is 10.5. The summed E-state index contributed by atoms with van der Waals surface area (Å²) in [4.78, 5) is 15.5. The molecule has 12 heteroatoms. The van der Waals surface area contributed by atoms with Crippen molar-refractivity contribution in [3.8, 4) is 11.5 Å². The van der Waals surface area contributed by atoms with Crippen LogP contribution in [-0.2, 0) is 12.5 Å². The van der Waals surface area contributed by atoms with Crippen LogP contribution in [0.1, 0.15) is 38.9 Å². The molecule has 10 nitrogen and oxygen atoms in total. The average molecular weight is 542 g/mol. The van der Waals surface area contributed by atoms with Crippen LogP contribution >= 0.6 is 11.6 Å². The van der Waals surface area contributed by atoms with Crippen molar-refractivity contribution in [2.45, 2.75) is 38.6 Å². The van der Waals surface area contributed by atoms with Crippen LogP contribution in [-0.4, -0.2) is 67.6 Å². The van der Waals surface area contributed by atoms with Crippen molar-refractivity contribution in [2.24, 2.45) is 7.05 Å². The maximum absolute atomic E-state index is 12.9. The molecule has 1 saturated heterocycles. The van der Waals surface area contributed by atoms with E-state index in [2.05, 4.69) is 62.0 Å². The summed E-state index contributed by atoms with van der Waals surface area (Å²) in [7, 11) is 3.66. The van der Waals surface area contributed by atoms with Crippen LogP contribution in [0.25, 0.3) is 11.2 Å². The highest BCUT2D eigenvalue weighted by molar-refractivity contribution is 6.36. The number of hydrogen-bond donors (Lipinski definition) is 2. The number of likely N-dealkylation sites (tertiary alicyclic amines) is 1. The minimum absolute atomic E-state index is 0.121. The molecule has 0 bridgehead atoms. The lowest BCUT2D eigenvalue weighted by molar-refractivity contribution is 0.282. The number of ether oxygens (including phenoxy) is 1. The third-order valence-electron chi connectivity index (χ3n) is 6.76. The summed E-state index contributed by atoms with van der Waals surface area (Å²) in [6, 6.07) is 5.78. The highest BCUT2D eigenvalue weighted by atomic mass is 35.5. The average Bonchev–Trinajstić information content (AvgIpc) is 3.59. The van der Waals surface area contributed by atoms with E-state index in [1.165, 1.54) is 0 Å². The van der Waals surface area contributed by atoms with Crippen LogP contribution in [0.5, 0.6) is 11.5 Å². The van der Waals surface area contributed by atoms with E-state index in [1.807, 2.05) is 11.6 Å². The minimum Gasteiger partial charge on any atom is -0.454 e. The van der Waals surface area contributed by atoms with Gasteiger partial charge in [0.25, 0.3) is 0 Å². The van der Waals surface area contributed by atoms with Gasteiger partial charge in [0.15, 0.2) is 17.2 Å². The maximum atomic E-state index is 12.9. The standard InChI is InChI=1S/C26H33ClFN9O/c1-26(2,3)19-13-21(34-37(19)16-7-10-36(15-16)11-8-28)32-25-33-24-23(35(25)5)22(27)18(14-31-24)38-17-6-9-30-20(12-17)29-4/h6,9,12-14,16H,7-8,10-11,15H2,1-5H3,(H,29,30)(H,31,32,33,34)/t16-/m1/s1. The molecule has 1 atom stereocenters. The van der Waals surface area contributed by atoms with Gasteiger partial charge in [-0.1, -0.05) is 32.4 Å². The van der Waals surface area contributed by atoms with Crippen LogP contribution in [0.3, 0.4) is 0 Å². The van der Waals surface area contributed by atoms with Crippen molar-refractivity contribution < 1.29 is 9.13 Å². The van der Waals surface area contributed by atoms with Crippen LogP contribution in [0.15, 0.2) is 30.6 Å². The van der Waals surface area contributed by atoms with Crippen LogP contribution in [0.4, 0.5) is 22.0 Å². The lowest BCUT2D eigenvalue weighted by Gasteiger charge is -2.23. The maximum Gasteiger partial charge on any atom is 0.210 e. The predicted octanol–water partition coefficient (Wildman–Crippen LogP) is 5.30. The van der Waals surface area contributed by atoms with E-state index in [9.17, 15) is 4.39 Å². The zero-order chi connectivity index (χ0) is 27.0. The number of halogens is 2. The monoisotopic (exact) mass is 541 g/mol. The molecule has 202 valence electrons. The van der Waals surface area contributed by atoms with Gasteiger partial charge < -0.3 is 19.9 Å². The van der Waals surface area contributed by atoms with E-state index in [0.29, 0.717) is 51.8 Å². The topological polar surface area (TPSA) is 98.0 Å². The largest absolute Gasteiger partial charge is 0.454 e. The quantitative estimate of drug-likeness (QED) is 0.310. The number of nitrogens with zero attached hydrogens (tertiary/aromatic N) is 7. The third-order valence-corrected chi connectivity index (χ3v) is 7.12. The summed E-state index contributed by atoms with van der Waals surface area (Å²) in [6.07, 6.45) is 4.16. The first kappa shape index (κ1) is 26.2. The molecule has 4 aromatic heterocycles. The summed E-state index contributed by atoms with van der Waals surface area (Å²) in [5.41, 5.74) is 2.12. The van der Waals surface area contributed by atoms with Gasteiger partial charge in [-0.15, -0.1) is 0 Å². The molecule has 0 aromatic carbocycles. The van der Waals surface area contributed by atoms with Gasteiger partial charge in [-0.05, 0) is 12.5 Å². The van der Waals surface area contributed by atoms with E-state index in [4.69, 9.17) is 21.4 Å². The van der Waals surface area contributed by atoms with E-state index < -0.39 is 0 Å². The van der Waals surface area contributed by atoms with Crippen molar-refractivity contribution in [2.75, 3.05) is 44.0 Å². The number of rotatable bonds is 8. The summed E-state index contributed by atoms with van der Waals surface area (Å²) < 4.78 is 22.8. The molecule has 5 heterocycles. The Balaban J connectivity index is 1.44. The number of alkyl halides is 1. The molecule has 2 N–H and O–H groups in total. The van der Waals surface area contributed by atoms with Crippen LogP contribution in [0, 0.1) is 0 Å². The Hall–Kier alpha value is -3.44. The molecule has 0 amide bonds. The molecule has 0 aliphatic carbocycles. The Morgan fingerprint density at radius 3 is 2.76 bits per heavy atom. The summed E-state index contributed by atoms with van der Waals surface area (Å²) in [5.74, 6) is 2.93. The fraction of sp³-hybridized carbons (Fsp3) is 0.462. The Bertz CT molecular complexity index is 1440. The highest BCUT2D eigenvalue weighted by Gasteiger charge is 2.30. The number of hydrogen-bond acceptors (Lipinski definition) is 8. The molecular weight excluding hydrogens is 509 g/mol. The van der Waals surface area contributed by atoms with Crippen molar-refractivity contribution >= 4 is 40.3 Å². The fourth-order valence-corrected chi connectivity index (χ4v) is 5.08. The molecule has 5 rings (SSSR count). The molecule has 0 radical (unpaired) electrons. The van der Waals surface area contributed by atoms with Gasteiger partial charge >= 0.3 is 0 Å². The first-order valence-corrected chi connectivity index (χ1v) is 13.0. The van der Waals surface area contributed by atoms with Crippen molar-refractivity contribution in [3.63, 3.8) is 0 Å². The molecule has 38 heavy (non-hydrogen) atoms. The van der Waals surface area contributed by atoms with Crippen LogP contribution in [0.2, 0.25) is 5.02 Å². The molecule has 1 aliphatic rings. The third kappa shape index (κ3) is 5.12. The summed E-state index contributed by atoms with van der Waals surface area (Å²) in [6.45, 7) is 8.29. The Labute approximate surface area is 226 Å². The number of anilines is 3. The zero-order valence-corrected chi connectivity index (χ0v) is 23.1. The Kier molecular flexibility index (Phi) is 7.15. The number of pyridine rings is 2. The van der Waals surface area contributed by atoms with Gasteiger partial charge in [-0.3, -0.25) is 9.58 Å². The predicted molar refractivity (Wildman–Crippen MR) is 148 cm³/mol. The Morgan fingerprint density at radius 1 is 1.21 bits per heavy atom. The van der Waals surface area contributed by atoms with E-state index >= 15 is 0 Å². The number of fused-ring (bicyclic) bond motifs is 1. The van der Waals surface area contributed by atoms with Gasteiger partial charge in [0, 0.05) is 63.2 Å². The first-order chi connectivity index (χ1) is 18.2. The summed E-state index contributed by atoms with van der Waals surface area (Å²) in [5, 5.41) is 11.7. The first-order valence-electron chi connectivity index (χ1n) is 12.7. The van der Waals surface area contributed by atoms with Gasteiger partial charge in [0.1, 0.15) is 28.8 Å². The molecule has 1 fully saturated rings. The van der Waals surface area contributed by atoms with Crippen molar-refractivity contribution in [3.05, 3.63) is 41.3 Å². The van der Waals surface area contributed by atoms with E-state index in [0.717, 1.165) is 25.2 Å². The number of aromatic nitrogens is 6. The molecule has 0 saturated carbocycles. The van der Waals surface area contributed by atoms with Gasteiger partial charge in [0.05, 0.1) is 12.2 Å². The number of aryl methyl sites for hydroxylation is 1. The van der Waals surface area contributed by atoms with E-state index in [1.54, 1.807) is 31.6 Å². The lowest BCUT2D eigenvalue weighted by Crippen LogP contribution is -2.26. The molecule has 0 unspecified atom stereocenters. The highest BCUT2D eigenvalue weighted by Crippen LogP contribution is 2.37. The normalized spacial score (nSPS) is 16.3. The number of nitrogens with one attached hydrogen (secondary N) is 2. The second-order valence-corrected chi connectivity index (χ2v) is 10.9. The minimum atomic E-state index is -0.333. The molecule has 0 spiro atoms. The van der Waals surface area contributed by atoms with Crippen molar-refractivity contribution in [1.29, 1.82) is 0 Å². The molecular formula is C26H33ClFN9O. The number of imidazole rings is 1. The van der Waals surface area contributed by atoms with Crippen molar-refractivity contribution in [1.82, 2.24) is 34.2 Å². The lowest BCUT2D eigenvalue weighted by atomic mass is 9.91.